The number of nitro groups is 1. The molecule has 0 spiro atoms. The quantitative estimate of drug-likeness (QED) is 0.453. The molecule has 0 aliphatic carbocycles. The standard InChI is InChI=1S/C13H15N2O2/c1-15(2,3)13-9-8-12(14(16)17)10-6-4-5-7-11(10)13/h4-9H,1-3H3/q+1. The van der Waals surface area contributed by atoms with Gasteiger partial charge < -0.3 is 0 Å². The molecule has 2 aromatic rings. The minimum Gasteiger partial charge on any atom is -0.298 e. The van der Waals surface area contributed by atoms with Crippen molar-refractivity contribution in [2.24, 2.45) is 0 Å². The molecule has 0 aliphatic heterocycles. The van der Waals surface area contributed by atoms with E-state index in [4.69, 9.17) is 0 Å². The van der Waals surface area contributed by atoms with E-state index in [0.29, 0.717) is 9.87 Å². The summed E-state index contributed by atoms with van der Waals surface area (Å²) in [6.45, 7) is 0. The van der Waals surface area contributed by atoms with Gasteiger partial charge in [-0.2, -0.15) is 0 Å². The van der Waals surface area contributed by atoms with Crippen molar-refractivity contribution < 1.29 is 4.92 Å². The van der Waals surface area contributed by atoms with Crippen LogP contribution in [0.4, 0.5) is 11.4 Å². The zero-order valence-electron chi connectivity index (χ0n) is 10.2. The summed E-state index contributed by atoms with van der Waals surface area (Å²) in [5.41, 5.74) is 1.24. The molecule has 0 amide bonds. The maximum Gasteiger partial charge on any atom is 0.277 e. The minimum atomic E-state index is -0.332. The number of quaternary nitrogens is 1. The number of non-ortho nitro benzene ring substituents is 1. The van der Waals surface area contributed by atoms with Gasteiger partial charge >= 0.3 is 0 Å². The van der Waals surface area contributed by atoms with Crippen molar-refractivity contribution >= 4 is 22.1 Å². The van der Waals surface area contributed by atoms with Crippen LogP contribution in [-0.4, -0.2) is 26.1 Å². The van der Waals surface area contributed by atoms with E-state index in [1.165, 1.54) is 0 Å². The molecule has 0 atom stereocenters. The highest BCUT2D eigenvalue weighted by Crippen LogP contribution is 2.34. The van der Waals surface area contributed by atoms with Gasteiger partial charge in [0.2, 0.25) is 0 Å². The van der Waals surface area contributed by atoms with Crippen molar-refractivity contribution in [3.63, 3.8) is 0 Å². The van der Waals surface area contributed by atoms with Crippen molar-refractivity contribution in [2.75, 3.05) is 21.1 Å². The van der Waals surface area contributed by atoms with Gasteiger partial charge in [-0.25, -0.2) is 0 Å². The first-order valence-electron chi connectivity index (χ1n) is 5.39. The molecule has 2 aromatic carbocycles. The highest BCUT2D eigenvalue weighted by atomic mass is 16.6. The van der Waals surface area contributed by atoms with E-state index in [0.717, 1.165) is 11.1 Å². The molecule has 0 N–H and O–H groups in total. The SMILES string of the molecule is C[N+](C)(C)c1ccc([N+](=O)[O-])c2ccccc12. The van der Waals surface area contributed by atoms with Crippen LogP contribution in [0, 0.1) is 10.1 Å². The van der Waals surface area contributed by atoms with Crippen LogP contribution in [0.5, 0.6) is 0 Å². The number of nitro benzene ring substituents is 1. The Morgan fingerprint density at radius 1 is 1.00 bits per heavy atom. The Hall–Kier alpha value is -1.94. The molecule has 0 aliphatic rings. The molecule has 4 nitrogen and oxygen atoms in total. The normalized spacial score (nSPS) is 11.7. The Morgan fingerprint density at radius 3 is 2.12 bits per heavy atom. The van der Waals surface area contributed by atoms with Crippen molar-refractivity contribution in [1.29, 1.82) is 0 Å². The summed E-state index contributed by atoms with van der Waals surface area (Å²) in [7, 11) is 6.15. The van der Waals surface area contributed by atoms with Gasteiger partial charge in [-0.05, 0) is 12.1 Å². The molecule has 0 saturated carbocycles. The molecule has 0 saturated heterocycles. The second kappa shape index (κ2) is 3.82. The fourth-order valence-electron chi connectivity index (χ4n) is 2.01. The number of hydrogen-bond donors (Lipinski definition) is 0. The van der Waals surface area contributed by atoms with Crippen LogP contribution in [0.2, 0.25) is 0 Å². The van der Waals surface area contributed by atoms with Crippen molar-refractivity contribution in [1.82, 2.24) is 4.48 Å². The Kier molecular flexibility index (Phi) is 2.59. The van der Waals surface area contributed by atoms with Gasteiger partial charge in [0.05, 0.1) is 31.5 Å². The molecular weight excluding hydrogens is 216 g/mol. The molecule has 88 valence electrons. The Balaban J connectivity index is 2.85. The summed E-state index contributed by atoms with van der Waals surface area (Å²) in [4.78, 5) is 10.6. The largest absolute Gasteiger partial charge is 0.298 e. The molecule has 0 radical (unpaired) electrons. The van der Waals surface area contributed by atoms with E-state index in [-0.39, 0.29) is 10.6 Å². The van der Waals surface area contributed by atoms with Crippen LogP contribution >= 0.6 is 0 Å². The first kappa shape index (κ1) is 11.5. The number of rotatable bonds is 2. The number of nitrogens with zero attached hydrogens (tertiary/aromatic N) is 2. The van der Waals surface area contributed by atoms with E-state index in [1.54, 1.807) is 12.1 Å². The zero-order valence-corrected chi connectivity index (χ0v) is 10.2. The molecule has 0 unspecified atom stereocenters. The average molecular weight is 231 g/mol. The lowest BCUT2D eigenvalue weighted by Crippen LogP contribution is -2.34. The fraction of sp³-hybridized carbons (Fsp3) is 0.231. The molecular formula is C13H15N2O2+. The summed E-state index contributed by atoms with van der Waals surface area (Å²) in [5.74, 6) is 0. The Labute approximate surface area is 99.8 Å². The van der Waals surface area contributed by atoms with Crippen LogP contribution in [0.1, 0.15) is 0 Å². The van der Waals surface area contributed by atoms with Crippen LogP contribution in [0.3, 0.4) is 0 Å². The number of hydrogen-bond acceptors (Lipinski definition) is 2. The average Bonchev–Trinajstić information content (AvgIpc) is 2.26. The summed E-state index contributed by atoms with van der Waals surface area (Å²) in [5, 5.41) is 12.6. The van der Waals surface area contributed by atoms with Crippen molar-refractivity contribution in [2.45, 2.75) is 0 Å². The van der Waals surface area contributed by atoms with Gasteiger partial charge in [0, 0.05) is 17.5 Å². The summed E-state index contributed by atoms with van der Waals surface area (Å²) < 4.78 is 0.637. The van der Waals surface area contributed by atoms with E-state index < -0.39 is 0 Å². The number of benzene rings is 2. The van der Waals surface area contributed by atoms with Gasteiger partial charge in [0.1, 0.15) is 5.69 Å². The van der Waals surface area contributed by atoms with Crippen LogP contribution in [0.15, 0.2) is 36.4 Å². The van der Waals surface area contributed by atoms with E-state index in [9.17, 15) is 10.1 Å². The van der Waals surface area contributed by atoms with Gasteiger partial charge in [-0.1, -0.05) is 12.1 Å². The highest BCUT2D eigenvalue weighted by Gasteiger charge is 2.21. The predicted molar refractivity (Wildman–Crippen MR) is 70.2 cm³/mol. The second-order valence-electron chi connectivity index (χ2n) is 4.92. The Morgan fingerprint density at radius 2 is 1.59 bits per heavy atom. The summed E-state index contributed by atoms with van der Waals surface area (Å²) >= 11 is 0. The minimum absolute atomic E-state index is 0.165. The third kappa shape index (κ3) is 1.99. The summed E-state index contributed by atoms with van der Waals surface area (Å²) in [6.07, 6.45) is 0. The van der Waals surface area contributed by atoms with Crippen LogP contribution in [-0.2, 0) is 0 Å². The monoisotopic (exact) mass is 231 g/mol. The lowest BCUT2D eigenvalue weighted by molar-refractivity contribution is -0.383. The van der Waals surface area contributed by atoms with Gasteiger partial charge in [0.15, 0.2) is 0 Å². The highest BCUT2D eigenvalue weighted by molar-refractivity contribution is 5.99. The fourth-order valence-corrected chi connectivity index (χ4v) is 2.01. The van der Waals surface area contributed by atoms with E-state index in [1.807, 2.05) is 45.4 Å². The molecule has 0 fully saturated rings. The molecule has 0 aromatic heterocycles. The first-order chi connectivity index (χ1) is 7.91. The smallest absolute Gasteiger partial charge is 0.277 e. The second-order valence-corrected chi connectivity index (χ2v) is 4.92. The molecule has 0 bridgehead atoms. The van der Waals surface area contributed by atoms with Gasteiger partial charge in [-0.3, -0.25) is 14.6 Å². The lowest BCUT2D eigenvalue weighted by atomic mass is 10.1. The number of fused-ring (bicyclic) bond motifs is 1. The molecule has 0 heterocycles. The van der Waals surface area contributed by atoms with Gasteiger partial charge in [-0.15, -0.1) is 0 Å². The zero-order chi connectivity index (χ0) is 12.6. The van der Waals surface area contributed by atoms with E-state index >= 15 is 0 Å². The first-order valence-corrected chi connectivity index (χ1v) is 5.39. The maximum absolute atomic E-state index is 11.0. The van der Waals surface area contributed by atoms with Gasteiger partial charge in [0.25, 0.3) is 5.69 Å². The topological polar surface area (TPSA) is 43.1 Å². The van der Waals surface area contributed by atoms with Crippen LogP contribution < -0.4 is 4.48 Å². The molecule has 2 rings (SSSR count). The van der Waals surface area contributed by atoms with E-state index in [2.05, 4.69) is 0 Å². The van der Waals surface area contributed by atoms with Crippen molar-refractivity contribution in [3.05, 3.63) is 46.5 Å². The molecule has 4 heteroatoms. The summed E-state index contributed by atoms with van der Waals surface area (Å²) in [6, 6.07) is 10.9. The maximum atomic E-state index is 11.0. The molecule has 17 heavy (non-hydrogen) atoms. The lowest BCUT2D eigenvalue weighted by Gasteiger charge is -2.24. The predicted octanol–water partition coefficient (Wildman–Crippen LogP) is 2.94. The Bertz CT molecular complexity index is 585. The van der Waals surface area contributed by atoms with Crippen LogP contribution in [0.25, 0.3) is 10.8 Å². The van der Waals surface area contributed by atoms with Crippen molar-refractivity contribution in [3.8, 4) is 0 Å². The third-order valence-electron chi connectivity index (χ3n) is 2.80. The third-order valence-corrected chi connectivity index (χ3v) is 2.80.